The van der Waals surface area contributed by atoms with Crippen LogP contribution in [0.4, 0.5) is 5.82 Å². The molecule has 1 amide bonds. The van der Waals surface area contributed by atoms with Crippen LogP contribution in [-0.4, -0.2) is 30.8 Å². The van der Waals surface area contributed by atoms with Crippen LogP contribution in [-0.2, 0) is 6.54 Å². The van der Waals surface area contributed by atoms with Gasteiger partial charge in [0.1, 0.15) is 5.76 Å². The third-order valence-electron chi connectivity index (χ3n) is 4.12. The molecule has 8 heteroatoms. The van der Waals surface area contributed by atoms with Gasteiger partial charge in [-0.3, -0.25) is 19.4 Å². The Balaban J connectivity index is 1.50. The predicted octanol–water partition coefficient (Wildman–Crippen LogP) is 2.73. The molecule has 0 aliphatic rings. The van der Waals surface area contributed by atoms with Crippen molar-refractivity contribution in [1.29, 1.82) is 0 Å². The van der Waals surface area contributed by atoms with Crippen molar-refractivity contribution < 1.29 is 9.32 Å². The van der Waals surface area contributed by atoms with E-state index in [1.165, 1.54) is 0 Å². The van der Waals surface area contributed by atoms with Crippen LogP contribution in [0.25, 0.3) is 11.0 Å². The van der Waals surface area contributed by atoms with E-state index < -0.39 is 0 Å². The Labute approximate surface area is 148 Å². The number of hydrogen-bond acceptors (Lipinski definition) is 6. The van der Waals surface area contributed by atoms with Gasteiger partial charge >= 0.3 is 0 Å². The Morgan fingerprint density at radius 1 is 1.15 bits per heavy atom. The first-order valence-electron chi connectivity index (χ1n) is 8.07. The maximum Gasteiger partial charge on any atom is 0.256 e. The summed E-state index contributed by atoms with van der Waals surface area (Å²) in [5, 5.41) is 11.1. The molecule has 0 radical (unpaired) electrons. The summed E-state index contributed by atoms with van der Waals surface area (Å²) in [6.07, 6.45) is 5.02. The van der Waals surface area contributed by atoms with E-state index in [1.807, 2.05) is 13.8 Å². The largest absolute Gasteiger partial charge is 0.361 e. The van der Waals surface area contributed by atoms with Gasteiger partial charge in [0.25, 0.3) is 5.91 Å². The summed E-state index contributed by atoms with van der Waals surface area (Å²) in [4.78, 5) is 20.9. The van der Waals surface area contributed by atoms with Crippen LogP contribution in [0.1, 0.15) is 27.4 Å². The number of aryl methyl sites for hydroxylation is 2. The lowest BCUT2D eigenvalue weighted by atomic mass is 10.2. The van der Waals surface area contributed by atoms with Crippen LogP contribution in [0.15, 0.2) is 47.4 Å². The summed E-state index contributed by atoms with van der Waals surface area (Å²) in [5.74, 6) is 0.988. The first-order chi connectivity index (χ1) is 12.6. The third kappa shape index (κ3) is 3.04. The molecule has 0 atom stereocenters. The molecule has 3 heterocycles. The highest BCUT2D eigenvalue weighted by Gasteiger charge is 2.12. The number of benzene rings is 1. The van der Waals surface area contributed by atoms with E-state index in [0.717, 1.165) is 22.5 Å². The van der Waals surface area contributed by atoms with Crippen LogP contribution in [0.5, 0.6) is 0 Å². The first-order valence-corrected chi connectivity index (χ1v) is 8.07. The van der Waals surface area contributed by atoms with Crippen LogP contribution in [0, 0.1) is 13.8 Å². The third-order valence-corrected chi connectivity index (χ3v) is 4.12. The normalized spacial score (nSPS) is 11.0. The second kappa shape index (κ2) is 6.40. The Kier molecular flexibility index (Phi) is 3.92. The monoisotopic (exact) mass is 348 g/mol. The van der Waals surface area contributed by atoms with Crippen molar-refractivity contribution in [3.05, 3.63) is 65.4 Å². The summed E-state index contributed by atoms with van der Waals surface area (Å²) in [7, 11) is 0. The molecule has 0 fully saturated rings. The van der Waals surface area contributed by atoms with Gasteiger partial charge in [0, 0.05) is 35.8 Å². The standard InChI is InChI=1S/C18H16N6O2/c1-11-14(12(2)26-23-11)10-24-8-5-17(22-24)21-18(25)13-3-4-15-16(9-13)20-7-6-19-15/h3-9H,10H2,1-2H3,(H,21,22,25). The summed E-state index contributed by atoms with van der Waals surface area (Å²) >= 11 is 0. The SMILES string of the molecule is Cc1noc(C)c1Cn1ccc(NC(=O)c2ccc3nccnc3c2)n1. The Bertz CT molecular complexity index is 1080. The lowest BCUT2D eigenvalue weighted by Gasteiger charge is -2.04. The predicted molar refractivity (Wildman–Crippen MR) is 94.8 cm³/mol. The highest BCUT2D eigenvalue weighted by atomic mass is 16.5. The minimum Gasteiger partial charge on any atom is -0.361 e. The minimum atomic E-state index is -0.250. The molecule has 0 spiro atoms. The second-order valence-corrected chi connectivity index (χ2v) is 5.92. The van der Waals surface area contributed by atoms with Gasteiger partial charge in [-0.25, -0.2) is 0 Å². The number of nitrogens with zero attached hydrogens (tertiary/aromatic N) is 5. The van der Waals surface area contributed by atoms with Gasteiger partial charge in [-0.15, -0.1) is 0 Å². The Morgan fingerprint density at radius 3 is 2.73 bits per heavy atom. The van der Waals surface area contributed by atoms with Crippen molar-refractivity contribution in [3.8, 4) is 0 Å². The highest BCUT2D eigenvalue weighted by Crippen LogP contribution is 2.16. The topological polar surface area (TPSA) is 98.7 Å². The van der Waals surface area contributed by atoms with Crippen molar-refractivity contribution >= 4 is 22.8 Å². The summed E-state index contributed by atoms with van der Waals surface area (Å²) in [6, 6.07) is 6.94. The zero-order chi connectivity index (χ0) is 18.1. The van der Waals surface area contributed by atoms with Gasteiger partial charge in [-0.2, -0.15) is 5.10 Å². The van der Waals surface area contributed by atoms with Gasteiger partial charge in [0.15, 0.2) is 5.82 Å². The van der Waals surface area contributed by atoms with E-state index in [1.54, 1.807) is 47.5 Å². The van der Waals surface area contributed by atoms with Crippen LogP contribution < -0.4 is 5.32 Å². The zero-order valence-corrected chi connectivity index (χ0v) is 14.3. The second-order valence-electron chi connectivity index (χ2n) is 5.92. The van der Waals surface area contributed by atoms with Gasteiger partial charge in [0.05, 0.1) is 23.3 Å². The molecule has 26 heavy (non-hydrogen) atoms. The fraction of sp³-hybridized carbons (Fsp3) is 0.167. The number of fused-ring (bicyclic) bond motifs is 1. The number of nitrogens with one attached hydrogen (secondary N) is 1. The van der Waals surface area contributed by atoms with Crippen LogP contribution in [0.2, 0.25) is 0 Å². The molecule has 8 nitrogen and oxygen atoms in total. The van der Waals surface area contributed by atoms with Gasteiger partial charge in [-0.1, -0.05) is 5.16 Å². The van der Waals surface area contributed by atoms with Crippen LogP contribution in [0.3, 0.4) is 0 Å². The molecule has 1 aromatic carbocycles. The molecule has 0 aliphatic heterocycles. The molecule has 4 aromatic rings. The molecule has 0 saturated carbocycles. The molecular formula is C18H16N6O2. The smallest absolute Gasteiger partial charge is 0.256 e. The zero-order valence-electron chi connectivity index (χ0n) is 14.3. The molecular weight excluding hydrogens is 332 g/mol. The van der Waals surface area contributed by atoms with Gasteiger partial charge in [0.2, 0.25) is 0 Å². The number of carbonyl (C=O) groups excluding carboxylic acids is 1. The molecule has 3 aromatic heterocycles. The van der Waals surface area contributed by atoms with Gasteiger partial charge < -0.3 is 9.84 Å². The van der Waals surface area contributed by atoms with Crippen LogP contribution >= 0.6 is 0 Å². The maximum atomic E-state index is 12.5. The lowest BCUT2D eigenvalue weighted by molar-refractivity contribution is 0.102. The molecule has 0 unspecified atom stereocenters. The fourth-order valence-corrected chi connectivity index (χ4v) is 2.70. The average molecular weight is 348 g/mol. The summed E-state index contributed by atoms with van der Waals surface area (Å²) in [6.45, 7) is 4.29. The van der Waals surface area contributed by atoms with E-state index in [-0.39, 0.29) is 5.91 Å². The average Bonchev–Trinajstić information content (AvgIpc) is 3.22. The summed E-state index contributed by atoms with van der Waals surface area (Å²) < 4.78 is 6.89. The lowest BCUT2D eigenvalue weighted by Crippen LogP contribution is -2.13. The Hall–Kier alpha value is -3.55. The first kappa shape index (κ1) is 15.9. The van der Waals surface area contributed by atoms with E-state index in [9.17, 15) is 4.79 Å². The van der Waals surface area contributed by atoms with Crippen molar-refractivity contribution in [2.24, 2.45) is 0 Å². The molecule has 130 valence electrons. The quantitative estimate of drug-likeness (QED) is 0.609. The van der Waals surface area contributed by atoms with Crippen molar-refractivity contribution in [2.45, 2.75) is 20.4 Å². The maximum absolute atomic E-state index is 12.5. The molecule has 0 saturated heterocycles. The number of anilines is 1. The van der Waals surface area contributed by atoms with E-state index in [0.29, 0.717) is 23.4 Å². The van der Waals surface area contributed by atoms with Crippen molar-refractivity contribution in [1.82, 2.24) is 24.9 Å². The molecule has 4 rings (SSSR count). The van der Waals surface area contributed by atoms with E-state index in [4.69, 9.17) is 4.52 Å². The van der Waals surface area contributed by atoms with Gasteiger partial charge in [-0.05, 0) is 32.0 Å². The van der Waals surface area contributed by atoms with E-state index in [2.05, 4.69) is 25.5 Å². The number of amides is 1. The fourth-order valence-electron chi connectivity index (χ4n) is 2.70. The number of rotatable bonds is 4. The summed E-state index contributed by atoms with van der Waals surface area (Å²) in [5.41, 5.74) is 3.73. The van der Waals surface area contributed by atoms with E-state index >= 15 is 0 Å². The minimum absolute atomic E-state index is 0.250. The van der Waals surface area contributed by atoms with Crippen molar-refractivity contribution in [2.75, 3.05) is 5.32 Å². The Morgan fingerprint density at radius 2 is 1.96 bits per heavy atom. The molecule has 0 bridgehead atoms. The number of aromatic nitrogens is 5. The molecule has 0 aliphatic carbocycles. The number of hydrogen-bond donors (Lipinski definition) is 1. The highest BCUT2D eigenvalue weighted by molar-refractivity contribution is 6.05. The number of carbonyl (C=O) groups is 1. The van der Waals surface area contributed by atoms with Crippen molar-refractivity contribution in [3.63, 3.8) is 0 Å². The molecule has 1 N–H and O–H groups in total.